The molecule has 3 aromatic rings. The van der Waals surface area contributed by atoms with E-state index in [0.717, 1.165) is 18.7 Å². The van der Waals surface area contributed by atoms with E-state index in [1.54, 1.807) is 12.4 Å². The molecule has 0 spiro atoms. The van der Waals surface area contributed by atoms with Crippen LogP contribution in [0.15, 0.2) is 54.9 Å². The minimum Gasteiger partial charge on any atom is -0.334 e. The number of rotatable bonds is 3. The van der Waals surface area contributed by atoms with Crippen LogP contribution in [0.1, 0.15) is 32.6 Å². The van der Waals surface area contributed by atoms with Gasteiger partial charge in [0.1, 0.15) is 0 Å². The first-order valence-electron chi connectivity index (χ1n) is 9.12. The maximum Gasteiger partial charge on any atom is 0.257 e. The van der Waals surface area contributed by atoms with Gasteiger partial charge in [-0.25, -0.2) is 9.97 Å². The van der Waals surface area contributed by atoms with Crippen LogP contribution in [-0.4, -0.2) is 27.3 Å². The average molecular weight is 358 g/mol. The summed E-state index contributed by atoms with van der Waals surface area (Å²) in [4.78, 5) is 23.3. The van der Waals surface area contributed by atoms with Gasteiger partial charge in [-0.05, 0) is 54.7 Å². The Balaban J connectivity index is 1.46. The van der Waals surface area contributed by atoms with Crippen LogP contribution >= 0.6 is 0 Å². The van der Waals surface area contributed by atoms with Crippen molar-refractivity contribution in [2.75, 3.05) is 11.9 Å². The van der Waals surface area contributed by atoms with Crippen LogP contribution in [0, 0.1) is 13.8 Å². The standard InChI is InChI=1S/C22H22N4O/c1-15-9-16(2)11-20(10-15)25-22-23-12-19(13-24-22)21(27)26-8-7-17-5-3-4-6-18(17)14-26/h3-6,9-13H,7-8,14H2,1-2H3,(H,23,24,25). The molecule has 1 aromatic heterocycles. The number of benzene rings is 2. The minimum absolute atomic E-state index is 0.0255. The minimum atomic E-state index is -0.0255. The summed E-state index contributed by atoms with van der Waals surface area (Å²) >= 11 is 0. The second-order valence-electron chi connectivity index (χ2n) is 7.04. The van der Waals surface area contributed by atoms with Crippen molar-refractivity contribution < 1.29 is 4.79 Å². The molecular weight excluding hydrogens is 336 g/mol. The zero-order valence-electron chi connectivity index (χ0n) is 15.6. The summed E-state index contributed by atoms with van der Waals surface area (Å²) in [6, 6.07) is 14.5. The van der Waals surface area contributed by atoms with E-state index < -0.39 is 0 Å². The third-order valence-electron chi connectivity index (χ3n) is 4.79. The second-order valence-corrected chi connectivity index (χ2v) is 7.04. The number of aryl methyl sites for hydroxylation is 2. The zero-order chi connectivity index (χ0) is 18.8. The molecular formula is C22H22N4O. The predicted molar refractivity (Wildman–Crippen MR) is 106 cm³/mol. The monoisotopic (exact) mass is 358 g/mol. The van der Waals surface area contributed by atoms with E-state index in [2.05, 4.69) is 47.3 Å². The zero-order valence-corrected chi connectivity index (χ0v) is 15.6. The van der Waals surface area contributed by atoms with Gasteiger partial charge in [-0.3, -0.25) is 4.79 Å². The molecule has 2 heterocycles. The van der Waals surface area contributed by atoms with E-state index in [-0.39, 0.29) is 5.91 Å². The van der Waals surface area contributed by atoms with E-state index in [9.17, 15) is 4.79 Å². The van der Waals surface area contributed by atoms with Crippen LogP contribution in [0.3, 0.4) is 0 Å². The Morgan fingerprint density at radius 1 is 1.00 bits per heavy atom. The fraction of sp³-hybridized carbons (Fsp3) is 0.227. The van der Waals surface area contributed by atoms with Gasteiger partial charge >= 0.3 is 0 Å². The van der Waals surface area contributed by atoms with Gasteiger partial charge in [0.2, 0.25) is 5.95 Å². The molecule has 5 heteroatoms. The molecule has 0 bridgehead atoms. The summed E-state index contributed by atoms with van der Waals surface area (Å²) in [5.74, 6) is 0.461. The van der Waals surface area contributed by atoms with Gasteiger partial charge in [0.05, 0.1) is 5.56 Å². The van der Waals surface area contributed by atoms with Crippen LogP contribution in [0.5, 0.6) is 0 Å². The third-order valence-corrected chi connectivity index (χ3v) is 4.79. The first kappa shape index (κ1) is 17.2. The predicted octanol–water partition coefficient (Wildman–Crippen LogP) is 4.04. The molecule has 4 rings (SSSR count). The SMILES string of the molecule is Cc1cc(C)cc(Nc2ncc(C(=O)N3CCc4ccccc4C3)cn2)c1. The number of anilines is 2. The van der Waals surface area contributed by atoms with E-state index in [4.69, 9.17) is 0 Å². The van der Waals surface area contributed by atoms with E-state index in [1.165, 1.54) is 22.3 Å². The van der Waals surface area contributed by atoms with Crippen molar-refractivity contribution in [2.24, 2.45) is 0 Å². The van der Waals surface area contributed by atoms with Crippen LogP contribution in [0.4, 0.5) is 11.6 Å². The number of carbonyl (C=O) groups excluding carboxylic acids is 1. The van der Waals surface area contributed by atoms with Crippen molar-refractivity contribution in [1.82, 2.24) is 14.9 Å². The van der Waals surface area contributed by atoms with Crippen molar-refractivity contribution in [2.45, 2.75) is 26.8 Å². The Labute approximate surface area is 159 Å². The highest BCUT2D eigenvalue weighted by Gasteiger charge is 2.22. The highest BCUT2D eigenvalue weighted by molar-refractivity contribution is 5.93. The Bertz CT molecular complexity index is 962. The molecule has 0 saturated carbocycles. The highest BCUT2D eigenvalue weighted by atomic mass is 16.2. The molecule has 0 saturated heterocycles. The Morgan fingerprint density at radius 2 is 1.67 bits per heavy atom. The molecule has 0 radical (unpaired) electrons. The molecule has 0 unspecified atom stereocenters. The average Bonchev–Trinajstić information content (AvgIpc) is 2.67. The lowest BCUT2D eigenvalue weighted by atomic mass is 9.99. The summed E-state index contributed by atoms with van der Waals surface area (Å²) in [5.41, 5.74) is 6.35. The summed E-state index contributed by atoms with van der Waals surface area (Å²) in [5, 5.41) is 3.20. The van der Waals surface area contributed by atoms with Gasteiger partial charge in [0.25, 0.3) is 5.91 Å². The highest BCUT2D eigenvalue weighted by Crippen LogP contribution is 2.21. The molecule has 27 heavy (non-hydrogen) atoms. The number of nitrogens with one attached hydrogen (secondary N) is 1. The quantitative estimate of drug-likeness (QED) is 0.768. The molecule has 5 nitrogen and oxygen atoms in total. The molecule has 1 aliphatic rings. The molecule has 136 valence electrons. The molecule has 2 aromatic carbocycles. The van der Waals surface area contributed by atoms with E-state index in [1.807, 2.05) is 29.2 Å². The van der Waals surface area contributed by atoms with Gasteiger partial charge in [-0.15, -0.1) is 0 Å². The van der Waals surface area contributed by atoms with E-state index in [0.29, 0.717) is 18.1 Å². The van der Waals surface area contributed by atoms with Crippen LogP contribution in [0.2, 0.25) is 0 Å². The number of carbonyl (C=O) groups is 1. The maximum atomic E-state index is 12.8. The van der Waals surface area contributed by atoms with Crippen LogP contribution in [0.25, 0.3) is 0 Å². The summed E-state index contributed by atoms with van der Waals surface area (Å²) in [6.07, 6.45) is 4.08. The fourth-order valence-corrected chi connectivity index (χ4v) is 3.53. The van der Waals surface area contributed by atoms with Crippen LogP contribution in [-0.2, 0) is 13.0 Å². The summed E-state index contributed by atoms with van der Waals surface area (Å²) in [7, 11) is 0. The van der Waals surface area contributed by atoms with Gasteiger partial charge in [0, 0.05) is 31.2 Å². The molecule has 0 atom stereocenters. The largest absolute Gasteiger partial charge is 0.334 e. The number of nitrogens with zero attached hydrogens (tertiary/aromatic N) is 3. The summed E-state index contributed by atoms with van der Waals surface area (Å²) < 4.78 is 0. The van der Waals surface area contributed by atoms with Gasteiger partial charge in [-0.2, -0.15) is 0 Å². The molecule has 1 aliphatic heterocycles. The molecule has 0 fully saturated rings. The van der Waals surface area contributed by atoms with Crippen molar-refractivity contribution in [3.8, 4) is 0 Å². The maximum absolute atomic E-state index is 12.8. The third kappa shape index (κ3) is 3.82. The van der Waals surface area contributed by atoms with Gasteiger partial charge < -0.3 is 10.2 Å². The number of aromatic nitrogens is 2. The lowest BCUT2D eigenvalue weighted by Gasteiger charge is -2.28. The first-order valence-corrected chi connectivity index (χ1v) is 9.12. The van der Waals surface area contributed by atoms with Crippen LogP contribution < -0.4 is 5.32 Å². The Kier molecular flexibility index (Phi) is 4.59. The first-order chi connectivity index (χ1) is 13.1. The van der Waals surface area contributed by atoms with Crippen molar-refractivity contribution in [3.63, 3.8) is 0 Å². The van der Waals surface area contributed by atoms with Gasteiger partial charge in [-0.1, -0.05) is 30.3 Å². The lowest BCUT2D eigenvalue weighted by molar-refractivity contribution is 0.0734. The van der Waals surface area contributed by atoms with Gasteiger partial charge in [0.15, 0.2) is 0 Å². The van der Waals surface area contributed by atoms with E-state index >= 15 is 0 Å². The fourth-order valence-electron chi connectivity index (χ4n) is 3.53. The number of fused-ring (bicyclic) bond motifs is 1. The van der Waals surface area contributed by atoms with Crippen molar-refractivity contribution in [3.05, 3.63) is 82.7 Å². The smallest absolute Gasteiger partial charge is 0.257 e. The lowest BCUT2D eigenvalue weighted by Crippen LogP contribution is -2.36. The molecule has 1 amide bonds. The Morgan fingerprint density at radius 3 is 2.37 bits per heavy atom. The molecule has 1 N–H and O–H groups in total. The van der Waals surface area contributed by atoms with Crippen molar-refractivity contribution in [1.29, 1.82) is 0 Å². The molecule has 0 aliphatic carbocycles. The normalized spacial score (nSPS) is 13.2. The Hall–Kier alpha value is -3.21. The topological polar surface area (TPSA) is 58.1 Å². The summed E-state index contributed by atoms with van der Waals surface area (Å²) in [6.45, 7) is 5.46. The number of hydrogen-bond acceptors (Lipinski definition) is 4. The number of hydrogen-bond donors (Lipinski definition) is 1. The number of amides is 1. The second kappa shape index (κ2) is 7.19. The van der Waals surface area contributed by atoms with Crippen molar-refractivity contribution >= 4 is 17.5 Å².